The summed E-state index contributed by atoms with van der Waals surface area (Å²) in [5.41, 5.74) is 0. The van der Waals surface area contributed by atoms with Crippen molar-refractivity contribution in [2.24, 2.45) is 5.92 Å². The lowest BCUT2D eigenvalue weighted by atomic mass is 9.84. The molecule has 1 aliphatic rings. The second-order valence-corrected chi connectivity index (χ2v) is 4.03. The zero-order valence-corrected chi connectivity index (χ0v) is 8.45. The average molecular weight is 199 g/mol. The highest BCUT2D eigenvalue weighted by Gasteiger charge is 2.23. The fraction of sp³-hybridized carbons (Fsp3) is 0.800. The van der Waals surface area contributed by atoms with Crippen LogP contribution in [0.15, 0.2) is 0 Å². The summed E-state index contributed by atoms with van der Waals surface area (Å²) in [5.74, 6) is -0.525. The Labute approximate surface area is 83.7 Å². The normalized spacial score (nSPS) is 26.9. The summed E-state index contributed by atoms with van der Waals surface area (Å²) in [6, 6.07) is 0.186. The van der Waals surface area contributed by atoms with Gasteiger partial charge in [0.2, 0.25) is 5.91 Å². The SMILES string of the molecule is CC(=O)NC1CCCC(CC(=O)O)C1. The highest BCUT2D eigenvalue weighted by Crippen LogP contribution is 2.26. The molecule has 0 aromatic rings. The van der Waals surface area contributed by atoms with Gasteiger partial charge in [-0.1, -0.05) is 6.42 Å². The summed E-state index contributed by atoms with van der Waals surface area (Å²) in [4.78, 5) is 21.3. The van der Waals surface area contributed by atoms with Crippen molar-refractivity contribution in [2.75, 3.05) is 0 Å². The second-order valence-electron chi connectivity index (χ2n) is 4.03. The maximum Gasteiger partial charge on any atom is 0.303 e. The van der Waals surface area contributed by atoms with E-state index in [9.17, 15) is 9.59 Å². The molecule has 80 valence electrons. The Hall–Kier alpha value is -1.06. The number of aliphatic carboxylic acids is 1. The predicted octanol–water partition coefficient (Wildman–Crippen LogP) is 1.16. The van der Waals surface area contributed by atoms with Crippen LogP contribution in [0.25, 0.3) is 0 Å². The zero-order valence-electron chi connectivity index (χ0n) is 8.45. The molecule has 1 amide bonds. The van der Waals surface area contributed by atoms with Crippen LogP contribution in [0.1, 0.15) is 39.0 Å². The van der Waals surface area contributed by atoms with E-state index in [0.29, 0.717) is 0 Å². The number of hydrogen-bond acceptors (Lipinski definition) is 2. The highest BCUT2D eigenvalue weighted by atomic mass is 16.4. The third-order valence-electron chi connectivity index (χ3n) is 2.65. The standard InChI is InChI=1S/C10H17NO3/c1-7(12)11-9-4-2-3-8(5-9)6-10(13)14/h8-9H,2-6H2,1H3,(H,11,12)(H,13,14). The van der Waals surface area contributed by atoms with Gasteiger partial charge in [-0.15, -0.1) is 0 Å². The molecule has 1 fully saturated rings. The number of amides is 1. The molecule has 14 heavy (non-hydrogen) atoms. The van der Waals surface area contributed by atoms with Crippen LogP contribution in [0.3, 0.4) is 0 Å². The van der Waals surface area contributed by atoms with E-state index in [2.05, 4.69) is 5.32 Å². The number of rotatable bonds is 3. The van der Waals surface area contributed by atoms with Gasteiger partial charge in [0, 0.05) is 19.4 Å². The monoisotopic (exact) mass is 199 g/mol. The lowest BCUT2D eigenvalue weighted by molar-refractivity contribution is -0.138. The van der Waals surface area contributed by atoms with Crippen molar-refractivity contribution < 1.29 is 14.7 Å². The number of carbonyl (C=O) groups excluding carboxylic acids is 1. The molecule has 0 heterocycles. The van der Waals surface area contributed by atoms with Crippen molar-refractivity contribution in [3.63, 3.8) is 0 Å². The van der Waals surface area contributed by atoms with Gasteiger partial charge in [-0.05, 0) is 25.2 Å². The van der Waals surface area contributed by atoms with Crippen molar-refractivity contribution in [3.05, 3.63) is 0 Å². The minimum Gasteiger partial charge on any atom is -0.481 e. The molecular formula is C10H17NO3. The zero-order chi connectivity index (χ0) is 10.6. The minimum absolute atomic E-state index is 0.0222. The van der Waals surface area contributed by atoms with Gasteiger partial charge in [0.25, 0.3) is 0 Å². The van der Waals surface area contributed by atoms with E-state index in [1.54, 1.807) is 0 Å². The fourth-order valence-corrected chi connectivity index (χ4v) is 2.14. The third kappa shape index (κ3) is 3.77. The fourth-order valence-electron chi connectivity index (χ4n) is 2.14. The first-order valence-corrected chi connectivity index (χ1v) is 5.07. The number of hydrogen-bond donors (Lipinski definition) is 2. The Balaban J connectivity index is 2.35. The first-order valence-electron chi connectivity index (χ1n) is 5.07. The molecular weight excluding hydrogens is 182 g/mol. The molecule has 0 aromatic heterocycles. The summed E-state index contributed by atoms with van der Waals surface area (Å²) >= 11 is 0. The van der Waals surface area contributed by atoms with Crippen molar-refractivity contribution in [1.29, 1.82) is 0 Å². The van der Waals surface area contributed by atoms with Gasteiger partial charge < -0.3 is 10.4 Å². The molecule has 1 saturated carbocycles. The lowest BCUT2D eigenvalue weighted by Crippen LogP contribution is -2.37. The molecule has 0 aromatic carbocycles. The van der Waals surface area contributed by atoms with Crippen LogP contribution in [-0.2, 0) is 9.59 Å². The van der Waals surface area contributed by atoms with Crippen LogP contribution >= 0.6 is 0 Å². The van der Waals surface area contributed by atoms with E-state index in [1.165, 1.54) is 6.92 Å². The van der Waals surface area contributed by atoms with Gasteiger partial charge in [0.05, 0.1) is 0 Å². The van der Waals surface area contributed by atoms with Gasteiger partial charge in [0.1, 0.15) is 0 Å². The van der Waals surface area contributed by atoms with Crippen LogP contribution in [0, 0.1) is 5.92 Å². The Morgan fingerprint density at radius 2 is 2.14 bits per heavy atom. The van der Waals surface area contributed by atoms with Crippen LogP contribution in [0.4, 0.5) is 0 Å². The smallest absolute Gasteiger partial charge is 0.303 e. The predicted molar refractivity (Wildman–Crippen MR) is 51.8 cm³/mol. The molecule has 0 bridgehead atoms. The third-order valence-corrected chi connectivity index (χ3v) is 2.65. The van der Waals surface area contributed by atoms with E-state index in [1.807, 2.05) is 0 Å². The first kappa shape index (κ1) is 11.0. The maximum atomic E-state index is 10.8. The average Bonchev–Trinajstić information content (AvgIpc) is 2.01. The first-order chi connectivity index (χ1) is 6.58. The largest absolute Gasteiger partial charge is 0.481 e. The summed E-state index contributed by atoms with van der Waals surface area (Å²) < 4.78 is 0. The Kier molecular flexibility index (Phi) is 3.92. The summed E-state index contributed by atoms with van der Waals surface area (Å²) in [6.45, 7) is 1.50. The molecule has 1 rings (SSSR count). The molecule has 0 saturated heterocycles. The van der Waals surface area contributed by atoms with Crippen LogP contribution in [0.2, 0.25) is 0 Å². The highest BCUT2D eigenvalue weighted by molar-refractivity contribution is 5.73. The Morgan fingerprint density at radius 1 is 1.43 bits per heavy atom. The van der Waals surface area contributed by atoms with E-state index >= 15 is 0 Å². The Bertz CT molecular complexity index is 205. The van der Waals surface area contributed by atoms with Crippen molar-refractivity contribution in [2.45, 2.75) is 45.1 Å². The van der Waals surface area contributed by atoms with E-state index in [0.717, 1.165) is 25.7 Å². The van der Waals surface area contributed by atoms with E-state index in [-0.39, 0.29) is 24.3 Å². The van der Waals surface area contributed by atoms with Crippen molar-refractivity contribution >= 4 is 11.9 Å². The van der Waals surface area contributed by atoms with Gasteiger partial charge in [-0.2, -0.15) is 0 Å². The summed E-state index contributed by atoms with van der Waals surface area (Å²) in [5, 5.41) is 11.5. The van der Waals surface area contributed by atoms with Crippen LogP contribution in [-0.4, -0.2) is 23.0 Å². The van der Waals surface area contributed by atoms with Gasteiger partial charge in [-0.25, -0.2) is 0 Å². The van der Waals surface area contributed by atoms with Crippen molar-refractivity contribution in [1.82, 2.24) is 5.32 Å². The summed E-state index contributed by atoms with van der Waals surface area (Å²) in [7, 11) is 0. The molecule has 0 spiro atoms. The number of nitrogens with one attached hydrogen (secondary N) is 1. The summed E-state index contributed by atoms with van der Waals surface area (Å²) in [6.07, 6.45) is 4.02. The topological polar surface area (TPSA) is 66.4 Å². The minimum atomic E-state index is -0.738. The Morgan fingerprint density at radius 3 is 2.71 bits per heavy atom. The van der Waals surface area contributed by atoms with Gasteiger partial charge in [-0.3, -0.25) is 9.59 Å². The maximum absolute atomic E-state index is 10.8. The van der Waals surface area contributed by atoms with Crippen molar-refractivity contribution in [3.8, 4) is 0 Å². The molecule has 1 aliphatic carbocycles. The number of carboxylic acid groups (broad SMARTS) is 1. The van der Waals surface area contributed by atoms with Crippen LogP contribution < -0.4 is 5.32 Å². The number of carbonyl (C=O) groups is 2. The molecule has 2 N–H and O–H groups in total. The number of carboxylic acids is 1. The van der Waals surface area contributed by atoms with Gasteiger partial charge in [0.15, 0.2) is 0 Å². The van der Waals surface area contributed by atoms with Crippen LogP contribution in [0.5, 0.6) is 0 Å². The van der Waals surface area contributed by atoms with E-state index in [4.69, 9.17) is 5.11 Å². The van der Waals surface area contributed by atoms with E-state index < -0.39 is 5.97 Å². The molecule has 4 heteroatoms. The van der Waals surface area contributed by atoms with Gasteiger partial charge >= 0.3 is 5.97 Å². The molecule has 0 radical (unpaired) electrons. The quantitative estimate of drug-likeness (QED) is 0.716. The molecule has 2 atom stereocenters. The second kappa shape index (κ2) is 4.98. The molecule has 0 aliphatic heterocycles. The lowest BCUT2D eigenvalue weighted by Gasteiger charge is -2.28. The molecule has 4 nitrogen and oxygen atoms in total. The molecule has 2 unspecified atom stereocenters.